The van der Waals surface area contributed by atoms with Crippen molar-refractivity contribution in [2.75, 3.05) is 14.2 Å². The van der Waals surface area contributed by atoms with Gasteiger partial charge < -0.3 is 15.2 Å². The lowest BCUT2D eigenvalue weighted by atomic mass is 9.95. The first-order chi connectivity index (χ1) is 12.5. The molecule has 138 valence electrons. The van der Waals surface area contributed by atoms with Gasteiger partial charge in [-0.3, -0.25) is 4.79 Å². The summed E-state index contributed by atoms with van der Waals surface area (Å²) in [7, 11) is 3.13. The van der Waals surface area contributed by atoms with Gasteiger partial charge in [0.15, 0.2) is 11.5 Å². The van der Waals surface area contributed by atoms with Crippen molar-refractivity contribution in [3.8, 4) is 11.5 Å². The van der Waals surface area contributed by atoms with Crippen LogP contribution in [0.4, 0.5) is 0 Å². The number of methoxy groups -OCH3 is 2. The molecule has 26 heavy (non-hydrogen) atoms. The summed E-state index contributed by atoms with van der Waals surface area (Å²) in [6.45, 7) is 1.92. The molecule has 0 saturated heterocycles. The molecular formula is C19H21IN2O3S. The molecule has 0 radical (unpaired) electrons. The van der Waals surface area contributed by atoms with Crippen molar-refractivity contribution >= 4 is 50.1 Å². The first-order valence-corrected chi connectivity index (χ1v) is 9.96. The number of fused-ring (bicyclic) bond motifs is 1. The fraction of sp³-hybridized carbons (Fsp3) is 0.263. The molecule has 3 aromatic rings. The van der Waals surface area contributed by atoms with E-state index in [4.69, 9.17) is 15.2 Å². The van der Waals surface area contributed by atoms with Crippen LogP contribution in [0.1, 0.15) is 24.8 Å². The molecule has 0 fully saturated rings. The highest BCUT2D eigenvalue weighted by atomic mass is 127. The lowest BCUT2D eigenvalue weighted by Crippen LogP contribution is -2.20. The molecule has 3 rings (SSSR count). The first-order valence-electron chi connectivity index (χ1n) is 8.00. The van der Waals surface area contributed by atoms with Gasteiger partial charge >= 0.3 is 0 Å². The highest BCUT2D eigenvalue weighted by Crippen LogP contribution is 2.31. The Kier molecular flexibility index (Phi) is 7.65. The minimum Gasteiger partial charge on any atom is -0.493 e. The number of aromatic nitrogens is 1. The molecule has 1 unspecified atom stereocenters. The highest BCUT2D eigenvalue weighted by molar-refractivity contribution is 14.1. The molecule has 0 saturated carbocycles. The van der Waals surface area contributed by atoms with E-state index >= 15 is 0 Å². The van der Waals surface area contributed by atoms with Gasteiger partial charge in [0, 0.05) is 3.57 Å². The van der Waals surface area contributed by atoms with Gasteiger partial charge in [0.2, 0.25) is 5.91 Å². The Hall–Kier alpha value is -1.87. The van der Waals surface area contributed by atoms with Crippen LogP contribution in [0.25, 0.3) is 10.2 Å². The number of nitrogens with zero attached hydrogens (tertiary/aromatic N) is 1. The Morgan fingerprint density at radius 1 is 1.19 bits per heavy atom. The van der Waals surface area contributed by atoms with Crippen LogP contribution in [0.2, 0.25) is 0 Å². The van der Waals surface area contributed by atoms with Gasteiger partial charge in [-0.1, -0.05) is 13.0 Å². The van der Waals surface area contributed by atoms with Crippen molar-refractivity contribution in [3.63, 3.8) is 0 Å². The molecule has 0 spiro atoms. The molecule has 1 atom stereocenters. The number of amides is 1. The molecule has 1 amide bonds. The number of halogens is 1. The van der Waals surface area contributed by atoms with Crippen LogP contribution in [-0.4, -0.2) is 25.1 Å². The second kappa shape index (κ2) is 9.72. The van der Waals surface area contributed by atoms with Gasteiger partial charge in [-0.15, -0.1) is 11.3 Å². The Bertz CT molecular complexity index is 882. The van der Waals surface area contributed by atoms with Crippen LogP contribution < -0.4 is 15.2 Å². The maximum absolute atomic E-state index is 11.2. The van der Waals surface area contributed by atoms with Gasteiger partial charge in [0.1, 0.15) is 0 Å². The maximum Gasteiger partial charge on any atom is 0.224 e. The van der Waals surface area contributed by atoms with E-state index in [0.717, 1.165) is 11.1 Å². The third-order valence-electron chi connectivity index (χ3n) is 3.85. The molecule has 0 bridgehead atoms. The fourth-order valence-electron chi connectivity index (χ4n) is 2.50. The van der Waals surface area contributed by atoms with Crippen molar-refractivity contribution in [2.45, 2.75) is 19.3 Å². The summed E-state index contributed by atoms with van der Waals surface area (Å²) in [6, 6.07) is 11.7. The molecule has 2 aromatic carbocycles. The third kappa shape index (κ3) is 5.07. The Morgan fingerprint density at radius 3 is 2.54 bits per heavy atom. The van der Waals surface area contributed by atoms with E-state index in [-0.39, 0.29) is 11.8 Å². The van der Waals surface area contributed by atoms with Crippen molar-refractivity contribution in [2.24, 2.45) is 5.73 Å². The molecule has 0 aliphatic carbocycles. The number of primary amides is 1. The van der Waals surface area contributed by atoms with Gasteiger partial charge in [0.25, 0.3) is 0 Å². The van der Waals surface area contributed by atoms with E-state index in [0.29, 0.717) is 17.9 Å². The summed E-state index contributed by atoms with van der Waals surface area (Å²) in [6.07, 6.45) is 0.671. The zero-order chi connectivity index (χ0) is 19.1. The number of thiazole rings is 1. The van der Waals surface area contributed by atoms with E-state index in [1.807, 2.05) is 24.6 Å². The zero-order valence-corrected chi connectivity index (χ0v) is 17.8. The molecule has 5 nitrogen and oxygen atoms in total. The summed E-state index contributed by atoms with van der Waals surface area (Å²) < 4.78 is 12.8. The number of rotatable bonds is 5. The minimum absolute atomic E-state index is 0.278. The number of carbonyl (C=O) groups is 1. The summed E-state index contributed by atoms with van der Waals surface area (Å²) in [5, 5.41) is 0. The second-order valence-corrected chi connectivity index (χ2v) is 7.57. The molecule has 1 heterocycles. The van der Waals surface area contributed by atoms with Crippen LogP contribution in [0.15, 0.2) is 41.9 Å². The normalized spacial score (nSPS) is 11.4. The predicted molar refractivity (Wildman–Crippen MR) is 114 cm³/mol. The van der Waals surface area contributed by atoms with Gasteiger partial charge in [-0.2, -0.15) is 0 Å². The molecule has 1 aromatic heterocycles. The second-order valence-electron chi connectivity index (χ2n) is 5.44. The van der Waals surface area contributed by atoms with Gasteiger partial charge in [-0.25, -0.2) is 4.98 Å². The number of hydrogen-bond donors (Lipinski definition) is 1. The van der Waals surface area contributed by atoms with E-state index in [1.165, 1.54) is 8.27 Å². The number of ether oxygens (including phenoxy) is 2. The summed E-state index contributed by atoms with van der Waals surface area (Å²) in [5.41, 5.74) is 9.16. The van der Waals surface area contributed by atoms with Crippen LogP contribution in [0.5, 0.6) is 11.5 Å². The van der Waals surface area contributed by atoms with Crippen molar-refractivity contribution < 1.29 is 14.3 Å². The molecular weight excluding hydrogens is 463 g/mol. The zero-order valence-electron chi connectivity index (χ0n) is 14.9. The smallest absolute Gasteiger partial charge is 0.224 e. The third-order valence-corrected chi connectivity index (χ3v) is 5.32. The summed E-state index contributed by atoms with van der Waals surface area (Å²) >= 11 is 3.99. The van der Waals surface area contributed by atoms with Crippen LogP contribution >= 0.6 is 33.9 Å². The predicted octanol–water partition coefficient (Wildman–Crippen LogP) is 4.58. The quantitative estimate of drug-likeness (QED) is 0.538. The largest absolute Gasteiger partial charge is 0.493 e. The standard InChI is InChI=1S/C12H17NO3.C7H4INS/c1-4-9(12(13)14)8-5-6-10(15-2)11(7-8)16-3;8-5-1-2-6-7(3-5)10-4-9-6/h5-7,9H,4H2,1-3H3,(H2,13,14);1-4H. The lowest BCUT2D eigenvalue weighted by molar-refractivity contribution is -0.119. The highest BCUT2D eigenvalue weighted by Gasteiger charge is 2.17. The minimum atomic E-state index is -0.324. The van der Waals surface area contributed by atoms with Crippen LogP contribution in [-0.2, 0) is 4.79 Å². The average Bonchev–Trinajstić information content (AvgIpc) is 3.10. The number of hydrogen-bond acceptors (Lipinski definition) is 5. The summed E-state index contributed by atoms with van der Waals surface area (Å²) in [5.74, 6) is 0.653. The molecule has 2 N–H and O–H groups in total. The van der Waals surface area contributed by atoms with Crippen LogP contribution in [0.3, 0.4) is 0 Å². The molecule has 0 aliphatic rings. The average molecular weight is 484 g/mol. The monoisotopic (exact) mass is 484 g/mol. The van der Waals surface area contributed by atoms with Crippen molar-refractivity contribution in [1.29, 1.82) is 0 Å². The lowest BCUT2D eigenvalue weighted by Gasteiger charge is -2.14. The topological polar surface area (TPSA) is 74.4 Å². The number of benzene rings is 2. The Labute approximate surface area is 170 Å². The Morgan fingerprint density at radius 2 is 1.92 bits per heavy atom. The van der Waals surface area contributed by atoms with E-state index < -0.39 is 0 Å². The number of nitrogens with two attached hydrogens (primary N) is 1. The summed E-state index contributed by atoms with van der Waals surface area (Å²) in [4.78, 5) is 15.4. The Balaban J connectivity index is 0.000000206. The van der Waals surface area contributed by atoms with Gasteiger partial charge in [-0.05, 0) is 64.9 Å². The molecule has 7 heteroatoms. The fourth-order valence-corrected chi connectivity index (χ4v) is 3.92. The van der Waals surface area contributed by atoms with Crippen molar-refractivity contribution in [1.82, 2.24) is 4.98 Å². The first kappa shape index (κ1) is 20.4. The van der Waals surface area contributed by atoms with E-state index in [9.17, 15) is 4.79 Å². The maximum atomic E-state index is 11.2. The van der Waals surface area contributed by atoms with Crippen molar-refractivity contribution in [3.05, 3.63) is 51.0 Å². The van der Waals surface area contributed by atoms with Crippen LogP contribution in [0, 0.1) is 3.57 Å². The SMILES string of the molecule is CCC(C(N)=O)c1ccc(OC)c(OC)c1.Ic1ccc2ncsc2c1. The van der Waals surface area contributed by atoms with E-state index in [1.54, 1.807) is 37.7 Å². The van der Waals surface area contributed by atoms with E-state index in [2.05, 4.69) is 39.7 Å². The number of carbonyl (C=O) groups excluding carboxylic acids is 1. The van der Waals surface area contributed by atoms with Gasteiger partial charge in [0.05, 0.1) is 35.9 Å². The molecule has 0 aliphatic heterocycles.